The molecule has 21 heavy (non-hydrogen) atoms. The zero-order valence-corrected chi connectivity index (χ0v) is 12.7. The Balaban J connectivity index is 1.78. The predicted molar refractivity (Wildman–Crippen MR) is 82.4 cm³/mol. The van der Waals surface area contributed by atoms with Crippen molar-refractivity contribution in [1.29, 1.82) is 0 Å². The Labute approximate surface area is 128 Å². The number of hydrogen-bond donors (Lipinski definition) is 1. The van der Waals surface area contributed by atoms with Crippen LogP contribution < -0.4 is 14.8 Å². The van der Waals surface area contributed by atoms with E-state index in [2.05, 4.69) is 15.3 Å². The molecule has 0 atom stereocenters. The molecule has 0 saturated carbocycles. The van der Waals surface area contributed by atoms with Crippen molar-refractivity contribution >= 4 is 17.6 Å². The van der Waals surface area contributed by atoms with E-state index in [1.807, 2.05) is 31.2 Å². The number of rotatable bonds is 4. The van der Waals surface area contributed by atoms with Crippen LogP contribution in [-0.2, 0) is 0 Å². The first-order valence-corrected chi connectivity index (χ1v) is 7.80. The average Bonchev–Trinajstić information content (AvgIpc) is 2.73. The van der Waals surface area contributed by atoms with Crippen LogP contribution >= 0.6 is 11.8 Å². The maximum Gasteiger partial charge on any atom is 0.162 e. The molecule has 0 unspecified atom stereocenters. The lowest BCUT2D eigenvalue weighted by molar-refractivity contribution is 0.297. The third-order valence-electron chi connectivity index (χ3n) is 2.94. The van der Waals surface area contributed by atoms with Gasteiger partial charge in [0.1, 0.15) is 17.2 Å². The van der Waals surface area contributed by atoms with Crippen molar-refractivity contribution in [3.63, 3.8) is 0 Å². The summed E-state index contributed by atoms with van der Waals surface area (Å²) in [6.07, 6.45) is 2.48. The highest BCUT2D eigenvalue weighted by Gasteiger charge is 2.11. The molecule has 2 aromatic rings. The van der Waals surface area contributed by atoms with Crippen LogP contribution in [0.4, 0.5) is 5.82 Å². The fraction of sp³-hybridized carbons (Fsp3) is 0.333. The van der Waals surface area contributed by atoms with Gasteiger partial charge in [0.25, 0.3) is 0 Å². The van der Waals surface area contributed by atoms with Gasteiger partial charge in [-0.2, -0.15) is 0 Å². The summed E-state index contributed by atoms with van der Waals surface area (Å²) in [6, 6.07) is 7.92. The molecule has 2 heterocycles. The van der Waals surface area contributed by atoms with Crippen LogP contribution in [0.1, 0.15) is 13.3 Å². The Morgan fingerprint density at radius 2 is 2.00 bits per heavy atom. The summed E-state index contributed by atoms with van der Waals surface area (Å²) < 4.78 is 11.3. The van der Waals surface area contributed by atoms with E-state index in [9.17, 15) is 0 Å². The number of anilines is 1. The highest BCUT2D eigenvalue weighted by Crippen LogP contribution is 2.36. The predicted octanol–water partition coefficient (Wildman–Crippen LogP) is 3.22. The Kier molecular flexibility index (Phi) is 4.45. The van der Waals surface area contributed by atoms with Gasteiger partial charge in [-0.25, -0.2) is 9.97 Å². The third kappa shape index (κ3) is 3.58. The lowest BCUT2D eigenvalue weighted by Gasteiger charge is -2.09. The van der Waals surface area contributed by atoms with E-state index < -0.39 is 0 Å². The molecule has 1 aliphatic rings. The summed E-state index contributed by atoms with van der Waals surface area (Å²) in [5, 5.41) is 4.08. The molecule has 0 saturated heterocycles. The molecule has 1 N–H and O–H groups in total. The van der Waals surface area contributed by atoms with E-state index in [0.29, 0.717) is 13.2 Å². The van der Waals surface area contributed by atoms with Crippen LogP contribution in [0.5, 0.6) is 11.5 Å². The van der Waals surface area contributed by atoms with Crippen LogP contribution in [0.2, 0.25) is 0 Å². The number of aromatic nitrogens is 2. The van der Waals surface area contributed by atoms with Crippen molar-refractivity contribution in [1.82, 2.24) is 9.97 Å². The van der Waals surface area contributed by atoms with E-state index >= 15 is 0 Å². The topological polar surface area (TPSA) is 56.3 Å². The summed E-state index contributed by atoms with van der Waals surface area (Å²) in [7, 11) is 0. The van der Waals surface area contributed by atoms with E-state index in [1.165, 1.54) is 0 Å². The van der Waals surface area contributed by atoms with Gasteiger partial charge < -0.3 is 14.8 Å². The van der Waals surface area contributed by atoms with Crippen molar-refractivity contribution in [2.24, 2.45) is 0 Å². The van der Waals surface area contributed by atoms with Crippen molar-refractivity contribution in [2.75, 3.05) is 25.1 Å². The number of nitrogens with one attached hydrogen (secondary N) is 1. The molecular formula is C15H17N3O2S. The minimum atomic E-state index is 0.694. The SMILES string of the molecule is CCNc1cc(Sc2ccc3c(c2)OCCCO3)ncn1. The van der Waals surface area contributed by atoms with Gasteiger partial charge in [0, 0.05) is 23.9 Å². The average molecular weight is 303 g/mol. The molecule has 0 bridgehead atoms. The maximum absolute atomic E-state index is 5.71. The minimum Gasteiger partial charge on any atom is -0.490 e. The third-order valence-corrected chi connectivity index (χ3v) is 3.86. The van der Waals surface area contributed by atoms with Crippen molar-refractivity contribution < 1.29 is 9.47 Å². The van der Waals surface area contributed by atoms with Gasteiger partial charge in [0.05, 0.1) is 13.2 Å². The van der Waals surface area contributed by atoms with Gasteiger partial charge in [-0.1, -0.05) is 11.8 Å². The molecule has 1 aliphatic heterocycles. The first kappa shape index (κ1) is 14.0. The second-order valence-electron chi connectivity index (χ2n) is 4.53. The quantitative estimate of drug-likeness (QED) is 0.875. The van der Waals surface area contributed by atoms with Crippen molar-refractivity contribution in [3.05, 3.63) is 30.6 Å². The van der Waals surface area contributed by atoms with E-state index in [1.54, 1.807) is 18.1 Å². The molecular weight excluding hydrogens is 286 g/mol. The minimum absolute atomic E-state index is 0.694. The Morgan fingerprint density at radius 1 is 1.14 bits per heavy atom. The van der Waals surface area contributed by atoms with Gasteiger partial charge in [0.15, 0.2) is 11.5 Å². The van der Waals surface area contributed by atoms with E-state index in [4.69, 9.17) is 9.47 Å². The Bertz CT molecular complexity index is 622. The number of hydrogen-bond acceptors (Lipinski definition) is 6. The molecule has 1 aromatic carbocycles. The fourth-order valence-corrected chi connectivity index (χ4v) is 2.81. The van der Waals surface area contributed by atoms with E-state index in [-0.39, 0.29) is 0 Å². The first-order chi connectivity index (χ1) is 10.3. The second kappa shape index (κ2) is 6.67. The van der Waals surface area contributed by atoms with Crippen LogP contribution in [0.3, 0.4) is 0 Å². The van der Waals surface area contributed by atoms with Crippen molar-refractivity contribution in [3.8, 4) is 11.5 Å². The summed E-state index contributed by atoms with van der Waals surface area (Å²) >= 11 is 1.58. The molecule has 0 radical (unpaired) electrons. The largest absolute Gasteiger partial charge is 0.490 e. The van der Waals surface area contributed by atoms with Crippen molar-refractivity contribution in [2.45, 2.75) is 23.3 Å². The molecule has 0 fully saturated rings. The molecule has 0 amide bonds. The van der Waals surface area contributed by atoms with Gasteiger partial charge in [0.2, 0.25) is 0 Å². The summed E-state index contributed by atoms with van der Waals surface area (Å²) in [5.41, 5.74) is 0. The zero-order valence-electron chi connectivity index (χ0n) is 11.8. The maximum atomic E-state index is 5.71. The molecule has 110 valence electrons. The van der Waals surface area contributed by atoms with Crippen LogP contribution in [0, 0.1) is 0 Å². The molecule has 3 rings (SSSR count). The number of ether oxygens (including phenoxy) is 2. The smallest absolute Gasteiger partial charge is 0.162 e. The standard InChI is InChI=1S/C15H17N3O2S/c1-2-16-14-9-15(18-10-17-14)21-11-4-5-12-13(8-11)20-7-3-6-19-12/h4-5,8-10H,2-3,6-7H2,1H3,(H,16,17,18). The summed E-state index contributed by atoms with van der Waals surface area (Å²) in [5.74, 6) is 2.45. The lowest BCUT2D eigenvalue weighted by atomic mass is 10.3. The zero-order chi connectivity index (χ0) is 14.5. The number of nitrogens with zero attached hydrogens (tertiary/aromatic N) is 2. The Hall–Kier alpha value is -1.95. The van der Waals surface area contributed by atoms with Gasteiger partial charge in [-0.15, -0.1) is 0 Å². The lowest BCUT2D eigenvalue weighted by Crippen LogP contribution is -1.99. The number of benzene rings is 1. The highest BCUT2D eigenvalue weighted by atomic mass is 32.2. The fourth-order valence-electron chi connectivity index (χ4n) is 2.00. The Morgan fingerprint density at radius 3 is 2.86 bits per heavy atom. The molecule has 1 aromatic heterocycles. The monoisotopic (exact) mass is 303 g/mol. The van der Waals surface area contributed by atoms with Crippen LogP contribution in [-0.4, -0.2) is 29.7 Å². The molecule has 0 aliphatic carbocycles. The van der Waals surface area contributed by atoms with Gasteiger partial charge in [-0.3, -0.25) is 0 Å². The van der Waals surface area contributed by atoms with Crippen LogP contribution in [0.25, 0.3) is 0 Å². The van der Waals surface area contributed by atoms with E-state index in [0.717, 1.165) is 40.2 Å². The molecule has 0 spiro atoms. The molecule has 5 nitrogen and oxygen atoms in total. The van der Waals surface area contributed by atoms with Crippen LogP contribution in [0.15, 0.2) is 40.5 Å². The first-order valence-electron chi connectivity index (χ1n) is 6.98. The summed E-state index contributed by atoms with van der Waals surface area (Å²) in [6.45, 7) is 4.28. The number of fused-ring (bicyclic) bond motifs is 1. The van der Waals surface area contributed by atoms with Gasteiger partial charge in [-0.05, 0) is 25.1 Å². The molecule has 6 heteroatoms. The highest BCUT2D eigenvalue weighted by molar-refractivity contribution is 7.99. The summed E-state index contributed by atoms with van der Waals surface area (Å²) in [4.78, 5) is 9.53. The normalized spacial score (nSPS) is 13.6. The second-order valence-corrected chi connectivity index (χ2v) is 5.63. The van der Waals surface area contributed by atoms with Gasteiger partial charge >= 0.3 is 0 Å².